The molecule has 0 radical (unpaired) electrons. The minimum absolute atomic E-state index is 0.0137. The Morgan fingerprint density at radius 2 is 1.91 bits per heavy atom. The van der Waals surface area contributed by atoms with Crippen LogP contribution in [0.4, 0.5) is 5.69 Å². The lowest BCUT2D eigenvalue weighted by molar-refractivity contribution is -0.483. The second kappa shape index (κ2) is 6.52. The van der Waals surface area contributed by atoms with Crippen LogP contribution in [-0.4, -0.2) is 21.5 Å². The number of hydrogen-bond acceptors (Lipinski definition) is 6. The van der Waals surface area contributed by atoms with Crippen LogP contribution in [0.1, 0.15) is 22.9 Å². The van der Waals surface area contributed by atoms with Crippen molar-refractivity contribution < 1.29 is 14.4 Å². The number of nitro groups is 2. The molecule has 116 valence electrons. The van der Waals surface area contributed by atoms with Gasteiger partial charge in [0.2, 0.25) is 12.3 Å². The minimum Gasteiger partial charge on any atom is -0.354 e. The van der Waals surface area contributed by atoms with Gasteiger partial charge in [0.05, 0.1) is 10.8 Å². The molecule has 1 atom stereocenters. The van der Waals surface area contributed by atoms with E-state index in [0.717, 1.165) is 0 Å². The minimum atomic E-state index is -0.591. The smallest absolute Gasteiger partial charge is 0.334 e. The van der Waals surface area contributed by atoms with E-state index in [1.165, 1.54) is 6.92 Å². The van der Waals surface area contributed by atoms with Crippen LogP contribution in [0.25, 0.3) is 0 Å². The molecule has 1 aromatic carbocycles. The second-order valence-electron chi connectivity index (χ2n) is 4.76. The molecule has 8 nitrogen and oxygen atoms in total. The van der Waals surface area contributed by atoms with E-state index in [2.05, 4.69) is 5.16 Å². The van der Waals surface area contributed by atoms with Gasteiger partial charge in [0, 0.05) is 16.4 Å². The van der Waals surface area contributed by atoms with Gasteiger partial charge in [-0.25, -0.2) is 0 Å². The Bertz CT molecular complexity index is 698. The number of halogens is 1. The van der Waals surface area contributed by atoms with Crippen molar-refractivity contribution in [3.63, 3.8) is 0 Å². The predicted octanol–water partition coefficient (Wildman–Crippen LogP) is 3.15. The Morgan fingerprint density at radius 3 is 2.45 bits per heavy atom. The zero-order valence-electron chi connectivity index (χ0n) is 11.6. The molecule has 0 saturated heterocycles. The number of benzene rings is 1. The van der Waals surface area contributed by atoms with Crippen molar-refractivity contribution in [2.75, 3.05) is 6.54 Å². The van der Waals surface area contributed by atoms with Crippen molar-refractivity contribution in [3.8, 4) is 0 Å². The van der Waals surface area contributed by atoms with Crippen LogP contribution in [0.5, 0.6) is 0 Å². The van der Waals surface area contributed by atoms with Gasteiger partial charge in [-0.3, -0.25) is 20.2 Å². The van der Waals surface area contributed by atoms with Crippen LogP contribution in [-0.2, 0) is 6.42 Å². The lowest BCUT2D eigenvalue weighted by atomic mass is 9.94. The van der Waals surface area contributed by atoms with Crippen molar-refractivity contribution in [3.05, 3.63) is 66.5 Å². The van der Waals surface area contributed by atoms with Crippen LogP contribution in [0.15, 0.2) is 28.8 Å². The SMILES string of the molecule is Cc1noc(C[C@H](C[N+](=O)[O-])c2ccc(Cl)cc2)c1[N+](=O)[O-]. The number of nitrogens with zero attached hydrogens (tertiary/aromatic N) is 3. The van der Waals surface area contributed by atoms with Gasteiger partial charge in [-0.1, -0.05) is 28.9 Å². The van der Waals surface area contributed by atoms with Crippen molar-refractivity contribution in [1.29, 1.82) is 0 Å². The van der Waals surface area contributed by atoms with Crippen LogP contribution < -0.4 is 0 Å². The van der Waals surface area contributed by atoms with Gasteiger partial charge in [0.25, 0.3) is 0 Å². The lowest BCUT2D eigenvalue weighted by Gasteiger charge is -2.11. The van der Waals surface area contributed by atoms with Gasteiger partial charge in [-0.2, -0.15) is 0 Å². The van der Waals surface area contributed by atoms with Crippen LogP contribution in [0.3, 0.4) is 0 Å². The summed E-state index contributed by atoms with van der Waals surface area (Å²) in [6, 6.07) is 6.55. The van der Waals surface area contributed by atoms with Gasteiger partial charge >= 0.3 is 5.69 Å². The molecule has 0 aliphatic rings. The topological polar surface area (TPSA) is 112 Å². The first kappa shape index (κ1) is 15.9. The highest BCUT2D eigenvalue weighted by atomic mass is 35.5. The summed E-state index contributed by atoms with van der Waals surface area (Å²) in [4.78, 5) is 20.9. The van der Waals surface area contributed by atoms with Gasteiger partial charge in [0.15, 0.2) is 5.69 Å². The fourth-order valence-corrected chi connectivity index (χ4v) is 2.33. The average Bonchev–Trinajstić information content (AvgIpc) is 2.79. The fraction of sp³-hybridized carbons (Fsp3) is 0.308. The summed E-state index contributed by atoms with van der Waals surface area (Å²) >= 11 is 5.80. The van der Waals surface area contributed by atoms with Crippen molar-refractivity contribution in [2.24, 2.45) is 0 Å². The van der Waals surface area contributed by atoms with Crippen molar-refractivity contribution >= 4 is 17.3 Å². The maximum Gasteiger partial charge on any atom is 0.334 e. The van der Waals surface area contributed by atoms with E-state index in [9.17, 15) is 20.2 Å². The Balaban J connectivity index is 2.33. The van der Waals surface area contributed by atoms with Crippen molar-refractivity contribution in [2.45, 2.75) is 19.3 Å². The molecule has 9 heteroatoms. The van der Waals surface area contributed by atoms with Gasteiger partial charge in [-0.05, 0) is 24.6 Å². The summed E-state index contributed by atoms with van der Waals surface area (Å²) in [5, 5.41) is 26.0. The predicted molar refractivity (Wildman–Crippen MR) is 77.7 cm³/mol. The molecule has 0 bridgehead atoms. The fourth-order valence-electron chi connectivity index (χ4n) is 2.21. The number of rotatable bonds is 6. The van der Waals surface area contributed by atoms with Crippen LogP contribution in [0, 0.1) is 27.2 Å². The van der Waals surface area contributed by atoms with Gasteiger partial charge in [-0.15, -0.1) is 0 Å². The zero-order valence-corrected chi connectivity index (χ0v) is 12.3. The molecule has 0 amide bonds. The lowest BCUT2D eigenvalue weighted by Crippen LogP contribution is -2.15. The molecule has 1 heterocycles. The van der Waals surface area contributed by atoms with Gasteiger partial charge < -0.3 is 4.52 Å². The number of hydrogen-bond donors (Lipinski definition) is 0. The Morgan fingerprint density at radius 1 is 1.27 bits per heavy atom. The number of aromatic nitrogens is 1. The molecule has 0 saturated carbocycles. The summed E-state index contributed by atoms with van der Waals surface area (Å²) in [6.45, 7) is 1.08. The molecule has 0 fully saturated rings. The first-order valence-electron chi connectivity index (χ1n) is 6.35. The van der Waals surface area contributed by atoms with E-state index in [-0.39, 0.29) is 30.1 Å². The summed E-state index contributed by atoms with van der Waals surface area (Å²) in [5.74, 6) is -0.539. The molecule has 2 rings (SSSR count). The molecular weight excluding hydrogens is 314 g/mol. The largest absolute Gasteiger partial charge is 0.354 e. The first-order chi connectivity index (χ1) is 10.4. The quantitative estimate of drug-likeness (QED) is 0.595. The maximum absolute atomic E-state index is 11.0. The van der Waals surface area contributed by atoms with Crippen molar-refractivity contribution in [1.82, 2.24) is 5.16 Å². The Hall–Kier alpha value is -2.48. The number of aryl methyl sites for hydroxylation is 1. The monoisotopic (exact) mass is 325 g/mol. The van der Waals surface area contributed by atoms with E-state index in [0.29, 0.717) is 10.6 Å². The maximum atomic E-state index is 11.0. The second-order valence-corrected chi connectivity index (χ2v) is 5.20. The van der Waals surface area contributed by atoms with E-state index >= 15 is 0 Å². The Labute approximate surface area is 130 Å². The third kappa shape index (κ3) is 3.59. The highest BCUT2D eigenvalue weighted by Crippen LogP contribution is 2.29. The van der Waals surface area contributed by atoms with E-state index in [4.69, 9.17) is 16.1 Å². The third-order valence-corrected chi connectivity index (χ3v) is 3.48. The Kier molecular flexibility index (Phi) is 4.71. The standard InChI is InChI=1S/C13H12ClN3O5/c1-8-13(17(20)21)12(22-15-8)6-10(7-16(18)19)9-2-4-11(14)5-3-9/h2-5,10H,6-7H2,1H3/t10-/m1/s1. The summed E-state index contributed by atoms with van der Waals surface area (Å²) in [6.07, 6.45) is 0.0137. The molecule has 0 spiro atoms. The summed E-state index contributed by atoms with van der Waals surface area (Å²) in [7, 11) is 0. The first-order valence-corrected chi connectivity index (χ1v) is 6.73. The third-order valence-electron chi connectivity index (χ3n) is 3.22. The molecular formula is C13H12ClN3O5. The molecule has 0 N–H and O–H groups in total. The highest BCUT2D eigenvalue weighted by molar-refractivity contribution is 6.30. The van der Waals surface area contributed by atoms with Crippen LogP contribution in [0.2, 0.25) is 5.02 Å². The average molecular weight is 326 g/mol. The highest BCUT2D eigenvalue weighted by Gasteiger charge is 2.29. The molecule has 0 aliphatic carbocycles. The summed E-state index contributed by atoms with van der Waals surface area (Å²) < 4.78 is 4.97. The van der Waals surface area contributed by atoms with Gasteiger partial charge in [0.1, 0.15) is 0 Å². The molecule has 22 heavy (non-hydrogen) atoms. The van der Waals surface area contributed by atoms with E-state index < -0.39 is 15.8 Å². The summed E-state index contributed by atoms with van der Waals surface area (Å²) in [5.41, 5.74) is 0.572. The zero-order chi connectivity index (χ0) is 16.3. The molecule has 0 unspecified atom stereocenters. The molecule has 2 aromatic rings. The van der Waals surface area contributed by atoms with E-state index in [1.54, 1.807) is 24.3 Å². The normalized spacial score (nSPS) is 12.1. The van der Waals surface area contributed by atoms with Crippen LogP contribution >= 0.6 is 11.6 Å². The molecule has 0 aliphatic heterocycles. The van der Waals surface area contributed by atoms with E-state index in [1.807, 2.05) is 0 Å². The molecule has 1 aromatic heterocycles.